The molecule has 3 N–H and O–H groups in total. The number of aliphatic hydroxyl groups excluding tert-OH is 1. The quantitative estimate of drug-likeness (QED) is 0.752. The van der Waals surface area contributed by atoms with Crippen LogP contribution in [0.15, 0.2) is 30.3 Å². The first-order valence-corrected chi connectivity index (χ1v) is 6.53. The second kappa shape index (κ2) is 6.55. The molecule has 7 heteroatoms. The lowest BCUT2D eigenvalue weighted by Crippen LogP contribution is -2.56. The van der Waals surface area contributed by atoms with Gasteiger partial charge in [-0.15, -0.1) is 0 Å². The Morgan fingerprint density at radius 1 is 1.19 bits per heavy atom. The molecule has 1 aliphatic heterocycles. The van der Waals surface area contributed by atoms with Crippen LogP contribution in [0.3, 0.4) is 0 Å². The number of carbonyl (C=O) groups is 2. The van der Waals surface area contributed by atoms with Crippen LogP contribution >= 0.6 is 0 Å². The van der Waals surface area contributed by atoms with Gasteiger partial charge in [0.25, 0.3) is 0 Å². The van der Waals surface area contributed by atoms with Gasteiger partial charge in [-0.05, 0) is 5.56 Å². The van der Waals surface area contributed by atoms with Crippen molar-refractivity contribution in [3.05, 3.63) is 35.9 Å². The third-order valence-corrected chi connectivity index (χ3v) is 3.51. The fourth-order valence-corrected chi connectivity index (χ4v) is 2.31. The highest BCUT2D eigenvalue weighted by atomic mass is 16.5. The number of hydrogen-bond acceptors (Lipinski definition) is 4. The van der Waals surface area contributed by atoms with Crippen LogP contribution in [0.5, 0.6) is 0 Å². The molecule has 1 fully saturated rings. The van der Waals surface area contributed by atoms with Crippen LogP contribution in [0.1, 0.15) is 5.56 Å². The molecule has 3 unspecified atom stereocenters. The summed E-state index contributed by atoms with van der Waals surface area (Å²) in [6, 6.07) is 9.18. The molecule has 2 rings (SSSR count). The predicted octanol–water partition coefficient (Wildman–Crippen LogP) is 0.627. The van der Waals surface area contributed by atoms with E-state index in [0.717, 1.165) is 10.5 Å². The number of ether oxygens (including phenoxy) is 1. The van der Waals surface area contributed by atoms with Crippen molar-refractivity contribution >= 4 is 12.1 Å². The molecule has 1 amide bonds. The Balaban J connectivity index is 2.05. The number of aliphatic hydroxyl groups is 1. The lowest BCUT2D eigenvalue weighted by Gasteiger charge is -2.38. The summed E-state index contributed by atoms with van der Waals surface area (Å²) in [5.41, 5.74) is 0.865. The van der Waals surface area contributed by atoms with Crippen LogP contribution in [-0.4, -0.2) is 57.6 Å². The standard InChI is InChI=1S/C14H17NO6/c16-12-10(13(17)18)6-15(14(19)20)7-11(12)21-8-9-4-2-1-3-5-9/h1-5,10-12,16H,6-8H2,(H,17,18)(H,19,20). The molecular formula is C14H17NO6. The lowest BCUT2D eigenvalue weighted by molar-refractivity contribution is -0.159. The van der Waals surface area contributed by atoms with Crippen molar-refractivity contribution in [2.45, 2.75) is 18.8 Å². The Labute approximate surface area is 121 Å². The first-order valence-electron chi connectivity index (χ1n) is 6.53. The zero-order valence-electron chi connectivity index (χ0n) is 11.3. The molecule has 1 aromatic carbocycles. The van der Waals surface area contributed by atoms with E-state index in [9.17, 15) is 14.7 Å². The second-order valence-electron chi connectivity index (χ2n) is 4.96. The van der Waals surface area contributed by atoms with Gasteiger partial charge in [0.2, 0.25) is 0 Å². The maximum atomic E-state index is 11.1. The lowest BCUT2D eigenvalue weighted by atomic mass is 9.92. The second-order valence-corrected chi connectivity index (χ2v) is 4.96. The number of carboxylic acid groups (broad SMARTS) is 2. The van der Waals surface area contributed by atoms with Crippen LogP contribution in [0.2, 0.25) is 0 Å². The molecule has 1 heterocycles. The summed E-state index contributed by atoms with van der Waals surface area (Å²) in [5, 5.41) is 28.2. The number of carboxylic acids is 1. The number of rotatable bonds is 4. The van der Waals surface area contributed by atoms with Crippen molar-refractivity contribution in [1.82, 2.24) is 4.90 Å². The first-order chi connectivity index (χ1) is 9.99. The van der Waals surface area contributed by atoms with Gasteiger partial charge in [0.1, 0.15) is 12.0 Å². The van der Waals surface area contributed by atoms with Gasteiger partial charge >= 0.3 is 12.1 Å². The van der Waals surface area contributed by atoms with Crippen molar-refractivity contribution < 1.29 is 29.6 Å². The molecule has 0 spiro atoms. The van der Waals surface area contributed by atoms with E-state index in [-0.39, 0.29) is 19.7 Å². The summed E-state index contributed by atoms with van der Waals surface area (Å²) in [7, 11) is 0. The topological polar surface area (TPSA) is 107 Å². The van der Waals surface area contributed by atoms with Crippen LogP contribution in [0.25, 0.3) is 0 Å². The van der Waals surface area contributed by atoms with E-state index >= 15 is 0 Å². The van der Waals surface area contributed by atoms with E-state index in [1.165, 1.54) is 0 Å². The molecule has 21 heavy (non-hydrogen) atoms. The minimum atomic E-state index is -1.23. The molecule has 3 atom stereocenters. The van der Waals surface area contributed by atoms with Gasteiger partial charge in [-0.25, -0.2) is 4.79 Å². The molecule has 7 nitrogen and oxygen atoms in total. The Bertz CT molecular complexity index is 505. The summed E-state index contributed by atoms with van der Waals surface area (Å²) in [4.78, 5) is 23.1. The number of benzene rings is 1. The minimum Gasteiger partial charge on any atom is -0.481 e. The van der Waals surface area contributed by atoms with E-state index in [0.29, 0.717) is 0 Å². The van der Waals surface area contributed by atoms with Gasteiger partial charge < -0.3 is 25.0 Å². The molecule has 0 aliphatic carbocycles. The van der Waals surface area contributed by atoms with Gasteiger partial charge in [0.15, 0.2) is 0 Å². The maximum absolute atomic E-state index is 11.1. The van der Waals surface area contributed by atoms with Crippen molar-refractivity contribution in [1.29, 1.82) is 0 Å². The van der Waals surface area contributed by atoms with Gasteiger partial charge in [0.05, 0.1) is 19.3 Å². The summed E-state index contributed by atoms with van der Waals surface area (Å²) in [5.74, 6) is -2.42. The van der Waals surface area contributed by atoms with Gasteiger partial charge in [0, 0.05) is 6.54 Å². The summed E-state index contributed by atoms with van der Waals surface area (Å²) in [6.45, 7) is -0.105. The molecule has 1 saturated heterocycles. The van der Waals surface area contributed by atoms with Crippen molar-refractivity contribution in [2.75, 3.05) is 13.1 Å². The van der Waals surface area contributed by atoms with Crippen LogP contribution < -0.4 is 0 Å². The molecule has 114 valence electrons. The average molecular weight is 295 g/mol. The zero-order chi connectivity index (χ0) is 15.4. The third kappa shape index (κ3) is 3.71. The largest absolute Gasteiger partial charge is 0.481 e. The predicted molar refractivity (Wildman–Crippen MR) is 71.7 cm³/mol. The van der Waals surface area contributed by atoms with E-state index < -0.39 is 30.2 Å². The highest BCUT2D eigenvalue weighted by molar-refractivity contribution is 5.73. The Hall–Kier alpha value is -2.12. The highest BCUT2D eigenvalue weighted by Gasteiger charge is 2.42. The monoisotopic (exact) mass is 295 g/mol. The van der Waals surface area contributed by atoms with Gasteiger partial charge in [-0.3, -0.25) is 4.79 Å². The van der Waals surface area contributed by atoms with E-state index in [2.05, 4.69) is 0 Å². The fourth-order valence-electron chi connectivity index (χ4n) is 2.31. The van der Waals surface area contributed by atoms with E-state index in [1.54, 1.807) is 0 Å². The first kappa shape index (κ1) is 15.3. The summed E-state index contributed by atoms with van der Waals surface area (Å²) >= 11 is 0. The number of aliphatic carboxylic acids is 1. The van der Waals surface area contributed by atoms with E-state index in [1.807, 2.05) is 30.3 Å². The normalized spacial score (nSPS) is 25.6. The number of hydrogen-bond donors (Lipinski definition) is 3. The average Bonchev–Trinajstić information content (AvgIpc) is 2.46. The Kier molecular flexibility index (Phi) is 4.77. The summed E-state index contributed by atoms with van der Waals surface area (Å²) in [6.07, 6.45) is -3.32. The molecule has 0 radical (unpaired) electrons. The van der Waals surface area contributed by atoms with Crippen LogP contribution in [0.4, 0.5) is 4.79 Å². The third-order valence-electron chi connectivity index (χ3n) is 3.51. The zero-order valence-corrected chi connectivity index (χ0v) is 11.3. The number of nitrogens with zero attached hydrogens (tertiary/aromatic N) is 1. The van der Waals surface area contributed by atoms with E-state index in [4.69, 9.17) is 14.9 Å². The van der Waals surface area contributed by atoms with Gasteiger partial charge in [-0.1, -0.05) is 30.3 Å². The van der Waals surface area contributed by atoms with Crippen LogP contribution in [0, 0.1) is 5.92 Å². The van der Waals surface area contributed by atoms with Crippen molar-refractivity contribution in [3.8, 4) is 0 Å². The molecule has 1 aromatic rings. The number of piperidine rings is 1. The maximum Gasteiger partial charge on any atom is 0.407 e. The molecule has 0 aromatic heterocycles. The fraction of sp³-hybridized carbons (Fsp3) is 0.429. The number of amides is 1. The Morgan fingerprint density at radius 2 is 1.86 bits per heavy atom. The molecule has 0 saturated carbocycles. The molecule has 1 aliphatic rings. The smallest absolute Gasteiger partial charge is 0.407 e. The summed E-state index contributed by atoms with van der Waals surface area (Å²) < 4.78 is 5.52. The number of likely N-dealkylation sites (tertiary alicyclic amines) is 1. The highest BCUT2D eigenvalue weighted by Crippen LogP contribution is 2.21. The van der Waals surface area contributed by atoms with Crippen LogP contribution in [-0.2, 0) is 16.1 Å². The van der Waals surface area contributed by atoms with Crippen molar-refractivity contribution in [3.63, 3.8) is 0 Å². The molecule has 0 bridgehead atoms. The van der Waals surface area contributed by atoms with Gasteiger partial charge in [-0.2, -0.15) is 0 Å². The minimum absolute atomic E-state index is 0.0485. The Morgan fingerprint density at radius 3 is 2.43 bits per heavy atom. The molecular weight excluding hydrogens is 278 g/mol. The SMILES string of the molecule is O=C(O)C1CN(C(=O)O)CC(OCc2ccccc2)C1O. The van der Waals surface area contributed by atoms with Crippen molar-refractivity contribution in [2.24, 2.45) is 5.92 Å².